The number of pyridine rings is 1. The average molecular weight is 341 g/mol. The number of hydrogen-bond acceptors (Lipinski definition) is 2. The molecule has 2 aromatic rings. The fraction of sp³-hybridized carbons (Fsp3) is 0.143. The molecule has 2 rings (SSSR count). The number of aromatic nitrogens is 1. The van der Waals surface area contributed by atoms with E-state index in [1.807, 2.05) is 24.3 Å². The van der Waals surface area contributed by atoms with Crippen molar-refractivity contribution in [3.8, 4) is 0 Å². The monoisotopic (exact) mass is 339 g/mol. The first-order valence-electron chi connectivity index (χ1n) is 5.65. The standard InChI is InChI=1S/C14H11BrClNO2/c15-11-3-1-2-10(7-11)12(14(18)19)6-9-4-5-13(16)17-8-9/h1-5,7-8,12H,6H2,(H,18,19). The molecule has 0 saturated carbocycles. The fourth-order valence-electron chi connectivity index (χ4n) is 1.83. The van der Waals surface area contributed by atoms with E-state index < -0.39 is 11.9 Å². The molecule has 0 radical (unpaired) electrons. The van der Waals surface area contributed by atoms with Gasteiger partial charge in [-0.05, 0) is 35.7 Å². The predicted molar refractivity (Wildman–Crippen MR) is 77.5 cm³/mol. The Labute approximate surface area is 124 Å². The molecular formula is C14H11BrClNO2. The van der Waals surface area contributed by atoms with Gasteiger partial charge < -0.3 is 5.11 Å². The summed E-state index contributed by atoms with van der Waals surface area (Å²) in [4.78, 5) is 15.4. The number of rotatable bonds is 4. The van der Waals surface area contributed by atoms with Crippen LogP contribution < -0.4 is 0 Å². The Bertz CT molecular complexity index is 586. The number of benzene rings is 1. The summed E-state index contributed by atoms with van der Waals surface area (Å²) in [5, 5.41) is 9.77. The Morgan fingerprint density at radius 3 is 2.74 bits per heavy atom. The van der Waals surface area contributed by atoms with Gasteiger partial charge in [0.15, 0.2) is 0 Å². The molecule has 1 aromatic carbocycles. The maximum Gasteiger partial charge on any atom is 0.311 e. The Morgan fingerprint density at radius 1 is 1.37 bits per heavy atom. The van der Waals surface area contributed by atoms with E-state index in [0.29, 0.717) is 11.6 Å². The van der Waals surface area contributed by atoms with Crippen LogP contribution in [0, 0.1) is 0 Å². The molecule has 0 aliphatic carbocycles. The van der Waals surface area contributed by atoms with Crippen molar-refractivity contribution in [1.29, 1.82) is 0 Å². The third kappa shape index (κ3) is 3.78. The third-order valence-corrected chi connectivity index (χ3v) is 3.49. The van der Waals surface area contributed by atoms with E-state index in [2.05, 4.69) is 20.9 Å². The summed E-state index contributed by atoms with van der Waals surface area (Å²) < 4.78 is 0.866. The van der Waals surface area contributed by atoms with Crippen LogP contribution in [-0.4, -0.2) is 16.1 Å². The maximum atomic E-state index is 11.4. The summed E-state index contributed by atoms with van der Waals surface area (Å²) in [5.74, 6) is -1.45. The fourth-order valence-corrected chi connectivity index (χ4v) is 2.36. The largest absolute Gasteiger partial charge is 0.481 e. The topological polar surface area (TPSA) is 50.2 Å². The van der Waals surface area contributed by atoms with Crippen LogP contribution in [0.5, 0.6) is 0 Å². The first-order valence-corrected chi connectivity index (χ1v) is 6.82. The van der Waals surface area contributed by atoms with Crippen LogP contribution in [0.25, 0.3) is 0 Å². The minimum Gasteiger partial charge on any atom is -0.481 e. The molecule has 0 spiro atoms. The van der Waals surface area contributed by atoms with Crippen molar-refractivity contribution in [2.24, 2.45) is 0 Å². The first kappa shape index (κ1) is 14.0. The zero-order valence-electron chi connectivity index (χ0n) is 9.88. The number of nitrogens with zero attached hydrogens (tertiary/aromatic N) is 1. The smallest absolute Gasteiger partial charge is 0.311 e. The molecular weight excluding hydrogens is 330 g/mol. The number of carboxylic acids is 1. The van der Waals surface area contributed by atoms with Gasteiger partial charge in [-0.15, -0.1) is 0 Å². The maximum absolute atomic E-state index is 11.4. The molecule has 0 aliphatic heterocycles. The van der Waals surface area contributed by atoms with Crippen LogP contribution in [0.3, 0.4) is 0 Å². The molecule has 19 heavy (non-hydrogen) atoms. The zero-order chi connectivity index (χ0) is 13.8. The minimum absolute atomic E-state index is 0.385. The molecule has 1 unspecified atom stereocenters. The van der Waals surface area contributed by atoms with E-state index in [0.717, 1.165) is 15.6 Å². The van der Waals surface area contributed by atoms with E-state index in [1.54, 1.807) is 18.3 Å². The van der Waals surface area contributed by atoms with Crippen molar-refractivity contribution in [2.45, 2.75) is 12.3 Å². The van der Waals surface area contributed by atoms with Crippen LogP contribution in [0.4, 0.5) is 0 Å². The first-order chi connectivity index (χ1) is 9.06. The van der Waals surface area contributed by atoms with E-state index in [9.17, 15) is 9.90 Å². The Hall–Kier alpha value is -1.39. The number of halogens is 2. The highest BCUT2D eigenvalue weighted by atomic mass is 79.9. The Balaban J connectivity index is 2.26. The zero-order valence-corrected chi connectivity index (χ0v) is 12.2. The summed E-state index contributed by atoms with van der Waals surface area (Å²) in [7, 11) is 0. The summed E-state index contributed by atoms with van der Waals surface area (Å²) in [5.41, 5.74) is 1.61. The van der Waals surface area contributed by atoms with Gasteiger partial charge in [-0.25, -0.2) is 4.98 Å². The molecule has 0 saturated heterocycles. The highest BCUT2D eigenvalue weighted by Crippen LogP contribution is 2.24. The van der Waals surface area contributed by atoms with Gasteiger partial charge in [-0.2, -0.15) is 0 Å². The van der Waals surface area contributed by atoms with Gasteiger partial charge in [0.2, 0.25) is 0 Å². The minimum atomic E-state index is -0.854. The van der Waals surface area contributed by atoms with Gasteiger partial charge in [-0.3, -0.25) is 4.79 Å². The molecule has 5 heteroatoms. The van der Waals surface area contributed by atoms with Crippen molar-refractivity contribution in [1.82, 2.24) is 4.98 Å². The molecule has 1 aromatic heterocycles. The van der Waals surface area contributed by atoms with Gasteiger partial charge in [-0.1, -0.05) is 45.7 Å². The molecule has 0 fully saturated rings. The van der Waals surface area contributed by atoms with Crippen molar-refractivity contribution in [3.63, 3.8) is 0 Å². The van der Waals surface area contributed by atoms with Crippen molar-refractivity contribution >= 4 is 33.5 Å². The lowest BCUT2D eigenvalue weighted by Crippen LogP contribution is -2.14. The Morgan fingerprint density at radius 2 is 2.16 bits per heavy atom. The molecule has 1 atom stereocenters. The molecule has 1 heterocycles. The van der Waals surface area contributed by atoms with Crippen LogP contribution in [0.2, 0.25) is 5.15 Å². The summed E-state index contributed by atoms with van der Waals surface area (Å²) in [6.07, 6.45) is 1.99. The highest BCUT2D eigenvalue weighted by molar-refractivity contribution is 9.10. The molecule has 1 N–H and O–H groups in total. The van der Waals surface area contributed by atoms with Gasteiger partial charge in [0.1, 0.15) is 5.15 Å². The summed E-state index contributed by atoms with van der Waals surface area (Å²) in [6.45, 7) is 0. The van der Waals surface area contributed by atoms with E-state index in [4.69, 9.17) is 11.6 Å². The van der Waals surface area contributed by atoms with Crippen molar-refractivity contribution in [3.05, 3.63) is 63.3 Å². The quantitative estimate of drug-likeness (QED) is 0.859. The average Bonchev–Trinajstić information content (AvgIpc) is 2.37. The lowest BCUT2D eigenvalue weighted by Gasteiger charge is -2.13. The molecule has 0 bridgehead atoms. The van der Waals surface area contributed by atoms with Crippen molar-refractivity contribution < 1.29 is 9.90 Å². The molecule has 3 nitrogen and oxygen atoms in total. The van der Waals surface area contributed by atoms with Gasteiger partial charge >= 0.3 is 5.97 Å². The van der Waals surface area contributed by atoms with E-state index in [1.165, 1.54) is 0 Å². The van der Waals surface area contributed by atoms with Crippen LogP contribution in [-0.2, 0) is 11.2 Å². The lowest BCUT2D eigenvalue weighted by molar-refractivity contribution is -0.138. The SMILES string of the molecule is O=C(O)C(Cc1ccc(Cl)nc1)c1cccc(Br)c1. The molecule has 0 aliphatic rings. The van der Waals surface area contributed by atoms with Crippen LogP contribution in [0.1, 0.15) is 17.0 Å². The predicted octanol–water partition coefficient (Wildman–Crippen LogP) is 3.91. The van der Waals surface area contributed by atoms with E-state index in [-0.39, 0.29) is 0 Å². The summed E-state index contributed by atoms with van der Waals surface area (Å²) in [6, 6.07) is 10.8. The second-order valence-corrected chi connectivity index (χ2v) is 5.44. The number of carboxylic acid groups (broad SMARTS) is 1. The van der Waals surface area contributed by atoms with Crippen LogP contribution >= 0.6 is 27.5 Å². The highest BCUT2D eigenvalue weighted by Gasteiger charge is 2.20. The molecule has 98 valence electrons. The normalized spacial score (nSPS) is 12.1. The second-order valence-electron chi connectivity index (χ2n) is 4.14. The lowest BCUT2D eigenvalue weighted by atomic mass is 9.93. The van der Waals surface area contributed by atoms with Crippen LogP contribution in [0.15, 0.2) is 47.1 Å². The molecule has 0 amide bonds. The number of carbonyl (C=O) groups is 1. The third-order valence-electron chi connectivity index (χ3n) is 2.78. The number of hydrogen-bond donors (Lipinski definition) is 1. The van der Waals surface area contributed by atoms with E-state index >= 15 is 0 Å². The van der Waals surface area contributed by atoms with Crippen molar-refractivity contribution in [2.75, 3.05) is 0 Å². The van der Waals surface area contributed by atoms with Gasteiger partial charge in [0.05, 0.1) is 5.92 Å². The second kappa shape index (κ2) is 6.17. The van der Waals surface area contributed by atoms with Gasteiger partial charge in [0.25, 0.3) is 0 Å². The Kier molecular flexibility index (Phi) is 4.56. The summed E-state index contributed by atoms with van der Waals surface area (Å²) >= 11 is 9.07. The number of aliphatic carboxylic acids is 1. The van der Waals surface area contributed by atoms with Gasteiger partial charge in [0, 0.05) is 10.7 Å².